The van der Waals surface area contributed by atoms with Crippen LogP contribution >= 0.6 is 0 Å². The Hall–Kier alpha value is -4.78. The Bertz CT molecular complexity index is 1460. The topological polar surface area (TPSA) is 81.5 Å². The molecule has 5 N–H and O–H groups in total. The lowest BCUT2D eigenvalue weighted by atomic mass is 9.97. The summed E-state index contributed by atoms with van der Waals surface area (Å²) in [5, 5.41) is 6.68. The van der Waals surface area contributed by atoms with Crippen LogP contribution in [-0.4, -0.2) is 28.7 Å². The quantitative estimate of drug-likeness (QED) is 0.199. The smallest absolute Gasteiger partial charge is 0.123 e. The number of rotatable bonds is 11. The predicted molar refractivity (Wildman–Crippen MR) is 166 cm³/mol. The summed E-state index contributed by atoms with van der Waals surface area (Å²) in [4.78, 5) is 10.3. The number of nitrogens with two attached hydrogens (primary N) is 1. The van der Waals surface area contributed by atoms with Gasteiger partial charge in [0, 0.05) is 54.1 Å². The number of likely N-dealkylation sites (tertiary alicyclic amines) is 1. The molecule has 0 saturated carbocycles. The van der Waals surface area contributed by atoms with Gasteiger partial charge in [0.1, 0.15) is 5.82 Å². The SMILES string of the molecule is C=CC(=C)Nc1cc(NC(=C)C(N)=C2CN(C(=C)c3ccc[nH]3)CCC2=NCc2ccc(F)cc2)ccc1CC. The number of nitrogens with one attached hydrogen (secondary N) is 3. The maximum absolute atomic E-state index is 13.4. The Kier molecular flexibility index (Phi) is 9.07. The molecule has 6 nitrogen and oxygen atoms in total. The summed E-state index contributed by atoms with van der Waals surface area (Å²) in [5.41, 5.74) is 16.1. The highest BCUT2D eigenvalue weighted by Crippen LogP contribution is 2.28. The first-order chi connectivity index (χ1) is 19.3. The van der Waals surface area contributed by atoms with E-state index in [-0.39, 0.29) is 5.82 Å². The lowest BCUT2D eigenvalue weighted by Crippen LogP contribution is -2.36. The number of aliphatic imine (C=N–C) groups is 1. The molecule has 3 aromatic rings. The first kappa shape index (κ1) is 28.2. The number of aromatic nitrogens is 1. The molecule has 7 heteroatoms. The van der Waals surface area contributed by atoms with Gasteiger partial charge < -0.3 is 26.3 Å². The summed E-state index contributed by atoms with van der Waals surface area (Å²) in [6.07, 6.45) is 5.12. The van der Waals surface area contributed by atoms with Crippen molar-refractivity contribution in [3.05, 3.63) is 138 Å². The van der Waals surface area contributed by atoms with Crippen molar-refractivity contribution in [2.75, 3.05) is 23.7 Å². The van der Waals surface area contributed by atoms with Crippen molar-refractivity contribution in [2.24, 2.45) is 10.7 Å². The van der Waals surface area contributed by atoms with Gasteiger partial charge in [-0.05, 0) is 60.0 Å². The maximum Gasteiger partial charge on any atom is 0.123 e. The molecule has 1 saturated heterocycles. The van der Waals surface area contributed by atoms with Crippen LogP contribution in [0.15, 0.2) is 121 Å². The number of aromatic amines is 1. The zero-order valence-electron chi connectivity index (χ0n) is 23.1. The van der Waals surface area contributed by atoms with Gasteiger partial charge in [0.15, 0.2) is 0 Å². The van der Waals surface area contributed by atoms with E-state index in [0.717, 1.165) is 63.8 Å². The van der Waals surface area contributed by atoms with Crippen LogP contribution in [0.4, 0.5) is 15.8 Å². The van der Waals surface area contributed by atoms with Crippen LogP contribution in [0.5, 0.6) is 0 Å². The van der Waals surface area contributed by atoms with E-state index in [1.807, 2.05) is 30.5 Å². The summed E-state index contributed by atoms with van der Waals surface area (Å²) >= 11 is 0. The van der Waals surface area contributed by atoms with Crippen molar-refractivity contribution in [3.63, 3.8) is 0 Å². The maximum atomic E-state index is 13.4. The second-order valence-corrected chi connectivity index (χ2v) is 9.67. The van der Waals surface area contributed by atoms with Gasteiger partial charge in [-0.1, -0.05) is 51.4 Å². The summed E-state index contributed by atoms with van der Waals surface area (Å²) in [6, 6.07) is 16.4. The first-order valence-corrected chi connectivity index (χ1v) is 13.3. The molecule has 4 rings (SSSR count). The molecule has 0 spiro atoms. The molecule has 0 bridgehead atoms. The molecular formula is C33H37FN6. The summed E-state index contributed by atoms with van der Waals surface area (Å²) < 4.78 is 13.4. The third-order valence-electron chi connectivity index (χ3n) is 6.95. The van der Waals surface area contributed by atoms with Crippen LogP contribution in [0, 0.1) is 5.82 Å². The van der Waals surface area contributed by atoms with Crippen LogP contribution in [0.2, 0.25) is 0 Å². The minimum absolute atomic E-state index is 0.265. The van der Waals surface area contributed by atoms with Crippen molar-refractivity contribution >= 4 is 22.8 Å². The van der Waals surface area contributed by atoms with Crippen LogP contribution in [-0.2, 0) is 13.0 Å². The van der Waals surface area contributed by atoms with E-state index in [4.69, 9.17) is 10.7 Å². The number of hydrogen-bond acceptors (Lipinski definition) is 5. The largest absolute Gasteiger partial charge is 0.397 e. The third-order valence-corrected chi connectivity index (χ3v) is 6.95. The zero-order valence-corrected chi connectivity index (χ0v) is 23.1. The Morgan fingerprint density at radius 2 is 1.90 bits per heavy atom. The van der Waals surface area contributed by atoms with Gasteiger partial charge >= 0.3 is 0 Å². The fraction of sp³-hybridized carbons (Fsp3) is 0.182. The number of piperidine rings is 1. The third kappa shape index (κ3) is 6.80. The molecule has 206 valence electrons. The highest BCUT2D eigenvalue weighted by atomic mass is 19.1. The monoisotopic (exact) mass is 536 g/mol. The predicted octanol–water partition coefficient (Wildman–Crippen LogP) is 6.98. The molecule has 40 heavy (non-hydrogen) atoms. The first-order valence-electron chi connectivity index (χ1n) is 13.3. The molecule has 2 heterocycles. The van der Waals surface area contributed by atoms with Gasteiger partial charge in [-0.25, -0.2) is 4.39 Å². The van der Waals surface area contributed by atoms with Gasteiger partial charge in [0.25, 0.3) is 0 Å². The molecule has 0 atom stereocenters. The number of benzene rings is 2. The zero-order chi connectivity index (χ0) is 28.6. The summed E-state index contributed by atoms with van der Waals surface area (Å²) in [6.45, 7) is 20.2. The van der Waals surface area contributed by atoms with Gasteiger partial charge in [-0.2, -0.15) is 0 Å². The van der Waals surface area contributed by atoms with Crippen molar-refractivity contribution < 1.29 is 4.39 Å². The van der Waals surface area contributed by atoms with Crippen LogP contribution < -0.4 is 16.4 Å². The minimum atomic E-state index is -0.265. The average Bonchev–Trinajstić information content (AvgIpc) is 3.51. The number of aryl methyl sites for hydroxylation is 1. The van der Waals surface area contributed by atoms with Crippen molar-refractivity contribution in [3.8, 4) is 0 Å². The Morgan fingerprint density at radius 3 is 2.58 bits per heavy atom. The molecule has 0 amide bonds. The van der Waals surface area contributed by atoms with Crippen molar-refractivity contribution in [1.29, 1.82) is 0 Å². The molecule has 0 unspecified atom stereocenters. The van der Waals surface area contributed by atoms with Crippen LogP contribution in [0.3, 0.4) is 0 Å². The van der Waals surface area contributed by atoms with E-state index < -0.39 is 0 Å². The molecule has 1 aromatic heterocycles. The highest BCUT2D eigenvalue weighted by molar-refractivity contribution is 6.03. The average molecular weight is 537 g/mol. The second-order valence-electron chi connectivity index (χ2n) is 9.67. The number of hydrogen-bond donors (Lipinski definition) is 4. The molecule has 2 aromatic carbocycles. The second kappa shape index (κ2) is 12.8. The van der Waals surface area contributed by atoms with E-state index in [1.54, 1.807) is 18.2 Å². The number of allylic oxidation sites excluding steroid dienone is 1. The van der Waals surface area contributed by atoms with Crippen molar-refractivity contribution in [1.82, 2.24) is 9.88 Å². The normalized spacial score (nSPS) is 15.4. The lowest BCUT2D eigenvalue weighted by Gasteiger charge is -2.34. The Morgan fingerprint density at radius 1 is 1.12 bits per heavy atom. The van der Waals surface area contributed by atoms with E-state index in [9.17, 15) is 4.39 Å². The lowest BCUT2D eigenvalue weighted by molar-refractivity contribution is 0.428. The molecule has 1 aliphatic heterocycles. The Labute approximate surface area is 236 Å². The Balaban J connectivity index is 1.62. The summed E-state index contributed by atoms with van der Waals surface area (Å²) in [7, 11) is 0. The van der Waals surface area contributed by atoms with E-state index >= 15 is 0 Å². The number of nitrogens with zero attached hydrogens (tertiary/aromatic N) is 2. The number of anilines is 2. The number of H-pyrrole nitrogens is 1. The molecule has 1 aliphatic rings. The highest BCUT2D eigenvalue weighted by Gasteiger charge is 2.25. The van der Waals surface area contributed by atoms with Gasteiger partial charge in [0.2, 0.25) is 0 Å². The molecule has 0 radical (unpaired) electrons. The van der Waals surface area contributed by atoms with Gasteiger partial charge in [-0.15, -0.1) is 0 Å². The van der Waals surface area contributed by atoms with Crippen LogP contribution in [0.25, 0.3) is 5.70 Å². The van der Waals surface area contributed by atoms with Crippen molar-refractivity contribution in [2.45, 2.75) is 26.3 Å². The number of halogens is 1. The van der Waals surface area contributed by atoms with E-state index in [0.29, 0.717) is 30.9 Å². The summed E-state index contributed by atoms with van der Waals surface area (Å²) in [5.74, 6) is -0.265. The van der Waals surface area contributed by atoms with Crippen LogP contribution in [0.1, 0.15) is 30.2 Å². The minimum Gasteiger partial charge on any atom is -0.397 e. The van der Waals surface area contributed by atoms with Gasteiger partial charge in [-0.3, -0.25) is 4.99 Å². The molecule has 0 aliphatic carbocycles. The van der Waals surface area contributed by atoms with E-state index in [1.165, 1.54) is 12.1 Å². The fourth-order valence-corrected chi connectivity index (χ4v) is 4.58. The molecular weight excluding hydrogens is 499 g/mol. The van der Waals surface area contributed by atoms with Gasteiger partial charge in [0.05, 0.1) is 29.3 Å². The fourth-order valence-electron chi connectivity index (χ4n) is 4.58. The van der Waals surface area contributed by atoms with E-state index in [2.05, 4.69) is 59.8 Å². The molecule has 1 fully saturated rings. The standard InChI is InChI=1S/C33H37FN6/c1-6-22(3)38-32-19-28(15-12-26(32)7-2)39-23(4)33(35)29-21-40(24(5)30-9-8-17-36-30)18-16-31(29)37-20-25-10-13-27(34)14-11-25/h6,8-15,17,19,36,38-39H,1,3-5,7,16,18,20-21,35H2,2H3.